The van der Waals surface area contributed by atoms with Crippen LogP contribution in [-0.2, 0) is 4.79 Å². The first kappa shape index (κ1) is 24.4. The molecular formula is C24H34N2O. The highest BCUT2D eigenvalue weighted by Gasteiger charge is 2.13. The Morgan fingerprint density at radius 3 is 1.96 bits per heavy atom. The highest BCUT2D eigenvalue weighted by molar-refractivity contribution is 5.67. The van der Waals surface area contributed by atoms with E-state index in [4.69, 9.17) is 10.5 Å². The number of carbonyl (C=O) groups is 1. The van der Waals surface area contributed by atoms with Crippen molar-refractivity contribution in [3.63, 3.8) is 0 Å². The van der Waals surface area contributed by atoms with E-state index in [1.165, 1.54) is 16.8 Å². The lowest BCUT2D eigenvalue weighted by Gasteiger charge is -2.26. The maximum Gasteiger partial charge on any atom is 0.106 e. The molecular weight excluding hydrogens is 332 g/mol. The van der Waals surface area contributed by atoms with Gasteiger partial charge in [-0.25, -0.2) is 0 Å². The Morgan fingerprint density at radius 2 is 1.52 bits per heavy atom. The van der Waals surface area contributed by atoms with Crippen LogP contribution in [0.25, 0.3) is 11.1 Å². The number of hydrogen-bond donors (Lipinski definition) is 1. The van der Waals surface area contributed by atoms with Gasteiger partial charge >= 0.3 is 0 Å². The number of likely N-dealkylation sites (N-methyl/N-ethyl adjacent to an activating group) is 1. The van der Waals surface area contributed by atoms with Crippen LogP contribution < -0.4 is 10.6 Å². The SMILES string of the molecule is C.C=O.CC#Cc1ccc(-c2ccc(N(C)CC(N)[C@@H](C)CC)cc2)cc1. The standard InChI is InChI=1S/C22H28N2.CH2O.CH4/c1-5-7-18-8-10-19(11-9-18)20-12-14-21(15-13-20)24(4)16-22(23)17(3)6-2;1-2;/h8-15,17,22H,6,16,23H2,1-4H3;1H2;1H4/t17-,22?;;/m0../s1. The topological polar surface area (TPSA) is 46.3 Å². The normalized spacial score (nSPS) is 11.6. The number of benzene rings is 2. The molecule has 2 atom stereocenters. The Labute approximate surface area is 165 Å². The second-order valence-electron chi connectivity index (χ2n) is 6.43. The van der Waals surface area contributed by atoms with Crippen molar-refractivity contribution >= 4 is 12.5 Å². The van der Waals surface area contributed by atoms with Gasteiger partial charge in [0.05, 0.1) is 0 Å². The molecule has 0 bridgehead atoms. The Hall–Kier alpha value is -2.57. The lowest BCUT2D eigenvalue weighted by atomic mass is 9.99. The zero-order chi connectivity index (χ0) is 19.5. The van der Waals surface area contributed by atoms with Gasteiger partial charge in [0, 0.05) is 30.9 Å². The molecule has 0 aliphatic carbocycles. The van der Waals surface area contributed by atoms with Gasteiger partial charge < -0.3 is 15.4 Å². The summed E-state index contributed by atoms with van der Waals surface area (Å²) in [5.41, 5.74) is 11.0. The molecule has 2 N–H and O–H groups in total. The van der Waals surface area contributed by atoms with E-state index < -0.39 is 0 Å². The molecule has 27 heavy (non-hydrogen) atoms. The van der Waals surface area contributed by atoms with Gasteiger partial charge in [-0.2, -0.15) is 0 Å². The van der Waals surface area contributed by atoms with E-state index in [9.17, 15) is 0 Å². The highest BCUT2D eigenvalue weighted by atomic mass is 16.1. The van der Waals surface area contributed by atoms with Crippen molar-refractivity contribution in [2.45, 2.75) is 40.7 Å². The Kier molecular flexibility index (Phi) is 11.5. The van der Waals surface area contributed by atoms with Crippen molar-refractivity contribution in [3.05, 3.63) is 54.1 Å². The summed E-state index contributed by atoms with van der Waals surface area (Å²) in [6.45, 7) is 9.14. The van der Waals surface area contributed by atoms with Crippen molar-refractivity contribution in [1.82, 2.24) is 0 Å². The second kappa shape index (κ2) is 12.7. The van der Waals surface area contributed by atoms with Crippen LogP contribution in [0.3, 0.4) is 0 Å². The maximum absolute atomic E-state index is 8.00. The monoisotopic (exact) mass is 366 g/mol. The minimum absolute atomic E-state index is 0. The summed E-state index contributed by atoms with van der Waals surface area (Å²) >= 11 is 0. The van der Waals surface area contributed by atoms with Gasteiger partial charge in [-0.3, -0.25) is 0 Å². The minimum atomic E-state index is 0. The van der Waals surface area contributed by atoms with Crippen molar-refractivity contribution in [1.29, 1.82) is 0 Å². The minimum Gasteiger partial charge on any atom is -0.373 e. The first-order chi connectivity index (χ1) is 12.5. The Balaban J connectivity index is 0.00000218. The van der Waals surface area contributed by atoms with Crippen LogP contribution in [0.15, 0.2) is 48.5 Å². The number of carbonyl (C=O) groups excluding carboxylic acids is 1. The smallest absolute Gasteiger partial charge is 0.106 e. The van der Waals surface area contributed by atoms with Crippen LogP contribution in [0.4, 0.5) is 5.69 Å². The van der Waals surface area contributed by atoms with E-state index in [0.717, 1.165) is 18.5 Å². The first-order valence-corrected chi connectivity index (χ1v) is 8.94. The average molecular weight is 367 g/mol. The predicted molar refractivity (Wildman–Crippen MR) is 119 cm³/mol. The molecule has 0 radical (unpaired) electrons. The van der Waals surface area contributed by atoms with E-state index in [2.05, 4.69) is 86.2 Å². The van der Waals surface area contributed by atoms with E-state index in [-0.39, 0.29) is 13.5 Å². The van der Waals surface area contributed by atoms with Gasteiger partial charge in [0.2, 0.25) is 0 Å². The molecule has 0 amide bonds. The summed E-state index contributed by atoms with van der Waals surface area (Å²) in [7, 11) is 2.11. The van der Waals surface area contributed by atoms with Crippen LogP contribution in [0.5, 0.6) is 0 Å². The van der Waals surface area contributed by atoms with Crippen LogP contribution in [0, 0.1) is 17.8 Å². The van der Waals surface area contributed by atoms with Crippen molar-refractivity contribution in [3.8, 4) is 23.0 Å². The van der Waals surface area contributed by atoms with Gasteiger partial charge in [0.1, 0.15) is 6.79 Å². The maximum atomic E-state index is 8.00. The largest absolute Gasteiger partial charge is 0.373 e. The predicted octanol–water partition coefficient (Wildman–Crippen LogP) is 4.99. The summed E-state index contributed by atoms with van der Waals surface area (Å²) in [5.74, 6) is 6.54. The summed E-state index contributed by atoms with van der Waals surface area (Å²) in [4.78, 5) is 10.2. The molecule has 0 aliphatic heterocycles. The van der Waals surface area contributed by atoms with E-state index in [0.29, 0.717) is 5.92 Å². The number of nitrogens with zero attached hydrogens (tertiary/aromatic N) is 1. The molecule has 0 spiro atoms. The molecule has 3 nitrogen and oxygen atoms in total. The zero-order valence-corrected chi connectivity index (χ0v) is 16.3. The molecule has 2 aromatic carbocycles. The van der Waals surface area contributed by atoms with Crippen LogP contribution in [0.2, 0.25) is 0 Å². The van der Waals surface area contributed by atoms with Gasteiger partial charge in [0.15, 0.2) is 0 Å². The zero-order valence-electron chi connectivity index (χ0n) is 16.3. The second-order valence-corrected chi connectivity index (χ2v) is 6.43. The highest BCUT2D eigenvalue weighted by Crippen LogP contribution is 2.23. The quantitative estimate of drug-likeness (QED) is 0.733. The third-order valence-corrected chi connectivity index (χ3v) is 4.66. The summed E-state index contributed by atoms with van der Waals surface area (Å²) in [6, 6.07) is 17.2. The van der Waals surface area contributed by atoms with E-state index in [1.807, 2.05) is 13.7 Å². The Morgan fingerprint density at radius 1 is 1.04 bits per heavy atom. The van der Waals surface area contributed by atoms with Gasteiger partial charge in [0.25, 0.3) is 0 Å². The van der Waals surface area contributed by atoms with E-state index >= 15 is 0 Å². The molecule has 0 fully saturated rings. The number of anilines is 1. The number of rotatable bonds is 6. The summed E-state index contributed by atoms with van der Waals surface area (Å²) < 4.78 is 0. The van der Waals surface area contributed by atoms with Crippen LogP contribution in [0.1, 0.15) is 40.2 Å². The van der Waals surface area contributed by atoms with E-state index in [1.54, 1.807) is 0 Å². The fraction of sp³-hybridized carbons (Fsp3) is 0.375. The Bertz CT molecular complexity index is 711. The van der Waals surface area contributed by atoms with Crippen LogP contribution >= 0.6 is 0 Å². The number of hydrogen-bond acceptors (Lipinski definition) is 3. The third-order valence-electron chi connectivity index (χ3n) is 4.66. The molecule has 0 aromatic heterocycles. The van der Waals surface area contributed by atoms with Crippen molar-refractivity contribution in [2.24, 2.45) is 11.7 Å². The first-order valence-electron chi connectivity index (χ1n) is 8.94. The fourth-order valence-corrected chi connectivity index (χ4v) is 2.70. The third kappa shape index (κ3) is 7.29. The lowest BCUT2D eigenvalue weighted by Crippen LogP contribution is -2.39. The fourth-order valence-electron chi connectivity index (χ4n) is 2.70. The average Bonchev–Trinajstić information content (AvgIpc) is 2.69. The molecule has 3 heteroatoms. The van der Waals surface area contributed by atoms with Crippen LogP contribution in [-0.4, -0.2) is 26.4 Å². The summed E-state index contributed by atoms with van der Waals surface area (Å²) in [6.07, 6.45) is 1.12. The molecule has 1 unspecified atom stereocenters. The molecule has 0 saturated carbocycles. The van der Waals surface area contributed by atoms with Gasteiger partial charge in [-0.05, 0) is 48.2 Å². The molecule has 2 rings (SSSR count). The molecule has 2 aromatic rings. The molecule has 0 heterocycles. The molecule has 0 aliphatic rings. The van der Waals surface area contributed by atoms with Crippen molar-refractivity contribution in [2.75, 3.05) is 18.5 Å². The number of nitrogens with two attached hydrogens (primary N) is 1. The molecule has 0 saturated heterocycles. The van der Waals surface area contributed by atoms with Crippen molar-refractivity contribution < 1.29 is 4.79 Å². The van der Waals surface area contributed by atoms with Gasteiger partial charge in [-0.15, -0.1) is 5.92 Å². The lowest BCUT2D eigenvalue weighted by molar-refractivity contribution is -0.0979. The van der Waals surface area contributed by atoms with Gasteiger partial charge in [-0.1, -0.05) is 57.9 Å². The molecule has 146 valence electrons. The summed E-state index contributed by atoms with van der Waals surface area (Å²) in [5, 5.41) is 0.